The van der Waals surface area contributed by atoms with Crippen LogP contribution < -0.4 is 5.32 Å². The molecule has 6 heteroatoms. The van der Waals surface area contributed by atoms with Crippen LogP contribution in [0, 0.1) is 12.8 Å². The summed E-state index contributed by atoms with van der Waals surface area (Å²) in [6.45, 7) is 4.53. The molecule has 1 aliphatic carbocycles. The number of hydrogen-bond donors (Lipinski definition) is 2. The van der Waals surface area contributed by atoms with Crippen molar-refractivity contribution in [3.63, 3.8) is 0 Å². The van der Waals surface area contributed by atoms with Gasteiger partial charge in [0, 0.05) is 11.4 Å². The first-order valence-electron chi connectivity index (χ1n) is 7.65. The Morgan fingerprint density at radius 2 is 2.36 bits per heavy atom. The maximum absolute atomic E-state index is 12.6. The van der Waals surface area contributed by atoms with Gasteiger partial charge in [-0.15, -0.1) is 11.3 Å². The number of aliphatic hydroxyl groups is 1. The zero-order chi connectivity index (χ0) is 15.7. The number of carbonyl (C=O) groups excluding carboxylic acids is 1. The van der Waals surface area contributed by atoms with Crippen LogP contribution in [0.5, 0.6) is 0 Å². The fourth-order valence-corrected chi connectivity index (χ4v) is 3.85. The molecule has 2 aromatic rings. The van der Waals surface area contributed by atoms with Crippen LogP contribution in [0.1, 0.15) is 46.9 Å². The summed E-state index contributed by atoms with van der Waals surface area (Å²) in [5, 5.41) is 19.1. The summed E-state index contributed by atoms with van der Waals surface area (Å²) in [7, 11) is 0. The molecule has 5 nitrogen and oxygen atoms in total. The normalized spacial score (nSPS) is 22.1. The van der Waals surface area contributed by atoms with Crippen LogP contribution in [0.3, 0.4) is 0 Å². The molecule has 1 atom stereocenters. The molecule has 2 N–H and O–H groups in total. The molecule has 1 amide bonds. The summed E-state index contributed by atoms with van der Waals surface area (Å²) >= 11 is 1.64. The van der Waals surface area contributed by atoms with Gasteiger partial charge in [-0.3, -0.25) is 9.48 Å². The predicted molar refractivity (Wildman–Crippen MR) is 85.9 cm³/mol. The third kappa shape index (κ3) is 2.94. The third-order valence-corrected chi connectivity index (χ3v) is 5.15. The summed E-state index contributed by atoms with van der Waals surface area (Å²) in [6, 6.07) is 5.83. The monoisotopic (exact) mass is 319 g/mol. The minimum absolute atomic E-state index is 0.0311. The Bertz CT molecular complexity index is 644. The third-order valence-electron chi connectivity index (χ3n) is 4.19. The molecule has 1 aliphatic rings. The van der Waals surface area contributed by atoms with Gasteiger partial charge in [-0.2, -0.15) is 5.10 Å². The zero-order valence-electron chi connectivity index (χ0n) is 12.8. The number of aromatic nitrogens is 2. The predicted octanol–water partition coefficient (Wildman–Crippen LogP) is 2.51. The quantitative estimate of drug-likeness (QED) is 0.890. The van der Waals surface area contributed by atoms with Crippen LogP contribution in [0.25, 0.3) is 0 Å². The van der Waals surface area contributed by atoms with Crippen molar-refractivity contribution in [3.05, 3.63) is 39.8 Å². The lowest BCUT2D eigenvalue weighted by atomic mass is 9.76. The van der Waals surface area contributed by atoms with E-state index in [0.29, 0.717) is 18.2 Å². The molecule has 1 unspecified atom stereocenters. The van der Waals surface area contributed by atoms with Crippen LogP contribution in [0.4, 0.5) is 0 Å². The summed E-state index contributed by atoms with van der Waals surface area (Å²) in [4.78, 5) is 13.8. The van der Waals surface area contributed by atoms with E-state index in [4.69, 9.17) is 0 Å². The number of amides is 1. The lowest BCUT2D eigenvalue weighted by molar-refractivity contribution is 0.0240. The second kappa shape index (κ2) is 6.22. The van der Waals surface area contributed by atoms with Crippen molar-refractivity contribution in [2.24, 2.45) is 5.92 Å². The molecule has 3 rings (SSSR count). The fourth-order valence-electron chi connectivity index (χ4n) is 2.98. The number of aryl methyl sites for hydroxylation is 2. The molecule has 2 heterocycles. The van der Waals surface area contributed by atoms with Crippen molar-refractivity contribution in [1.29, 1.82) is 0 Å². The zero-order valence-corrected chi connectivity index (χ0v) is 13.6. The average molecular weight is 319 g/mol. The van der Waals surface area contributed by atoms with Gasteiger partial charge in [-0.1, -0.05) is 6.07 Å². The van der Waals surface area contributed by atoms with Crippen LogP contribution >= 0.6 is 11.3 Å². The van der Waals surface area contributed by atoms with E-state index in [1.165, 1.54) is 0 Å². The molecule has 1 saturated carbocycles. The molecule has 0 aromatic carbocycles. The first kappa shape index (κ1) is 15.2. The second-order valence-electron chi connectivity index (χ2n) is 5.84. The minimum atomic E-state index is -0.229. The maximum atomic E-state index is 12.6. The number of nitrogens with one attached hydrogen (secondary N) is 1. The highest BCUT2D eigenvalue weighted by atomic mass is 32.1. The Labute approximate surface area is 134 Å². The Kier molecular flexibility index (Phi) is 4.31. The largest absolute Gasteiger partial charge is 0.393 e. The van der Waals surface area contributed by atoms with Crippen molar-refractivity contribution in [3.8, 4) is 0 Å². The van der Waals surface area contributed by atoms with Gasteiger partial charge in [-0.05, 0) is 50.1 Å². The van der Waals surface area contributed by atoms with E-state index < -0.39 is 0 Å². The first-order valence-corrected chi connectivity index (χ1v) is 8.53. The van der Waals surface area contributed by atoms with Crippen LogP contribution in [0.2, 0.25) is 0 Å². The fraction of sp³-hybridized carbons (Fsp3) is 0.500. The summed E-state index contributed by atoms with van der Waals surface area (Å²) in [5.74, 6) is 0.207. The lowest BCUT2D eigenvalue weighted by Crippen LogP contribution is -2.41. The molecule has 0 saturated heterocycles. The Hall–Kier alpha value is -1.66. The first-order chi connectivity index (χ1) is 10.6. The van der Waals surface area contributed by atoms with Crippen molar-refractivity contribution >= 4 is 17.2 Å². The molecule has 0 bridgehead atoms. The van der Waals surface area contributed by atoms with Crippen molar-refractivity contribution in [2.75, 3.05) is 0 Å². The molecular weight excluding hydrogens is 298 g/mol. The van der Waals surface area contributed by atoms with Crippen LogP contribution in [0.15, 0.2) is 23.6 Å². The van der Waals surface area contributed by atoms with Gasteiger partial charge in [0.2, 0.25) is 0 Å². The molecule has 0 spiro atoms. The Balaban J connectivity index is 1.79. The second-order valence-corrected chi connectivity index (χ2v) is 6.82. The van der Waals surface area contributed by atoms with E-state index in [1.807, 2.05) is 37.4 Å². The summed E-state index contributed by atoms with van der Waals surface area (Å²) in [6.07, 6.45) is 1.26. The number of aliphatic hydroxyl groups excluding tert-OH is 1. The van der Waals surface area contributed by atoms with E-state index in [0.717, 1.165) is 23.4 Å². The lowest BCUT2D eigenvalue weighted by Gasteiger charge is -2.37. The molecular formula is C16H21N3O2S. The van der Waals surface area contributed by atoms with Gasteiger partial charge in [0.15, 0.2) is 0 Å². The SMILES string of the molecule is CCn1nc(C)cc1C(=O)NC(c1cccs1)C1CC(O)C1. The highest BCUT2D eigenvalue weighted by molar-refractivity contribution is 7.10. The molecule has 2 aromatic heterocycles. The van der Waals surface area contributed by atoms with Gasteiger partial charge in [0.25, 0.3) is 5.91 Å². The molecule has 22 heavy (non-hydrogen) atoms. The number of rotatable bonds is 5. The molecule has 1 fully saturated rings. The van der Waals surface area contributed by atoms with Crippen LogP contribution in [-0.2, 0) is 6.54 Å². The van der Waals surface area contributed by atoms with E-state index >= 15 is 0 Å². The van der Waals surface area contributed by atoms with E-state index in [9.17, 15) is 9.90 Å². The number of thiophene rings is 1. The standard InChI is InChI=1S/C16H21N3O2S/c1-3-19-13(7-10(2)18-19)16(21)17-15(11-8-12(20)9-11)14-5-4-6-22-14/h4-7,11-12,15,20H,3,8-9H2,1-2H3,(H,17,21). The maximum Gasteiger partial charge on any atom is 0.270 e. The molecule has 0 radical (unpaired) electrons. The van der Waals surface area contributed by atoms with Gasteiger partial charge >= 0.3 is 0 Å². The topological polar surface area (TPSA) is 67.2 Å². The van der Waals surface area contributed by atoms with Gasteiger partial charge in [0.1, 0.15) is 5.69 Å². The summed E-state index contributed by atoms with van der Waals surface area (Å²) < 4.78 is 1.73. The Morgan fingerprint density at radius 3 is 2.95 bits per heavy atom. The van der Waals surface area contributed by atoms with Gasteiger partial charge < -0.3 is 10.4 Å². The minimum Gasteiger partial charge on any atom is -0.393 e. The van der Waals surface area contributed by atoms with E-state index in [-0.39, 0.29) is 18.1 Å². The van der Waals surface area contributed by atoms with E-state index in [1.54, 1.807) is 16.0 Å². The number of hydrogen-bond acceptors (Lipinski definition) is 4. The van der Waals surface area contributed by atoms with Crippen LogP contribution in [-0.4, -0.2) is 26.9 Å². The van der Waals surface area contributed by atoms with Crippen molar-refractivity contribution in [2.45, 2.75) is 45.4 Å². The highest BCUT2D eigenvalue weighted by Crippen LogP contribution is 2.39. The number of carbonyl (C=O) groups is 1. The highest BCUT2D eigenvalue weighted by Gasteiger charge is 2.36. The number of nitrogens with zero attached hydrogens (tertiary/aromatic N) is 2. The average Bonchev–Trinajstić information content (AvgIpc) is 3.10. The smallest absolute Gasteiger partial charge is 0.270 e. The van der Waals surface area contributed by atoms with Crippen molar-refractivity contribution < 1.29 is 9.90 Å². The molecule has 0 aliphatic heterocycles. The van der Waals surface area contributed by atoms with Gasteiger partial charge in [0.05, 0.1) is 17.8 Å². The summed E-state index contributed by atoms with van der Waals surface area (Å²) in [5.41, 5.74) is 1.44. The Morgan fingerprint density at radius 1 is 1.59 bits per heavy atom. The van der Waals surface area contributed by atoms with Crippen molar-refractivity contribution in [1.82, 2.24) is 15.1 Å². The molecule has 118 valence electrons. The van der Waals surface area contributed by atoms with Gasteiger partial charge in [-0.25, -0.2) is 0 Å². The van der Waals surface area contributed by atoms with E-state index in [2.05, 4.69) is 10.4 Å².